The minimum absolute atomic E-state index is 0.256. The Bertz CT molecular complexity index is 886. The number of aryl methyl sites for hydroxylation is 2. The highest BCUT2D eigenvalue weighted by Gasteiger charge is 2.24. The normalized spacial score (nSPS) is 18.3. The van der Waals surface area contributed by atoms with Crippen molar-refractivity contribution in [3.63, 3.8) is 0 Å². The summed E-state index contributed by atoms with van der Waals surface area (Å²) in [6.07, 6.45) is 6.22. The quantitative estimate of drug-likeness (QED) is 0.714. The fourth-order valence-corrected chi connectivity index (χ4v) is 3.60. The summed E-state index contributed by atoms with van der Waals surface area (Å²) in [6.45, 7) is 5.85. The molecule has 3 heterocycles. The summed E-state index contributed by atoms with van der Waals surface area (Å²) >= 11 is 0. The lowest BCUT2D eigenvalue weighted by molar-refractivity contribution is 0.376. The first kappa shape index (κ1) is 15.1. The number of hydrogen-bond acceptors (Lipinski definition) is 3. The second-order valence-electron chi connectivity index (χ2n) is 6.66. The molecule has 3 aromatic rings. The topological polar surface area (TPSA) is 34.0 Å². The van der Waals surface area contributed by atoms with Crippen molar-refractivity contribution in [1.82, 2.24) is 14.8 Å². The molecular formula is C19H21FN4. The van der Waals surface area contributed by atoms with Crippen LogP contribution in [0.1, 0.15) is 30.1 Å². The van der Waals surface area contributed by atoms with Crippen LogP contribution in [0.3, 0.4) is 0 Å². The van der Waals surface area contributed by atoms with Gasteiger partial charge in [-0.3, -0.25) is 4.68 Å². The highest BCUT2D eigenvalue weighted by atomic mass is 19.1. The second kappa shape index (κ2) is 5.89. The standard InChI is InChI=1S/C19H21FN4/c1-13-10-21-24(11-13)15-5-4-8-23(12-15)18-9-14(2)22-19-16(18)6-3-7-17(19)20/h3,6-7,9-11,15H,4-5,8,12H2,1-2H3. The smallest absolute Gasteiger partial charge is 0.149 e. The summed E-state index contributed by atoms with van der Waals surface area (Å²) in [5.74, 6) is -0.256. The second-order valence-corrected chi connectivity index (χ2v) is 6.66. The van der Waals surface area contributed by atoms with E-state index in [0.29, 0.717) is 11.6 Å². The molecule has 1 aliphatic rings. The Kier molecular flexibility index (Phi) is 3.71. The number of para-hydroxylation sites is 1. The maximum Gasteiger partial charge on any atom is 0.149 e. The molecule has 0 amide bonds. The summed E-state index contributed by atoms with van der Waals surface area (Å²) in [5, 5.41) is 5.37. The third kappa shape index (κ3) is 2.64. The first-order valence-electron chi connectivity index (χ1n) is 8.43. The molecule has 4 rings (SSSR count). The maximum atomic E-state index is 14.2. The molecule has 1 aliphatic heterocycles. The molecule has 0 spiro atoms. The van der Waals surface area contributed by atoms with Crippen LogP contribution in [-0.4, -0.2) is 27.9 Å². The van der Waals surface area contributed by atoms with Gasteiger partial charge in [0.1, 0.15) is 11.3 Å². The molecular weight excluding hydrogens is 303 g/mol. The number of piperidine rings is 1. The Hall–Kier alpha value is -2.43. The van der Waals surface area contributed by atoms with Gasteiger partial charge < -0.3 is 4.90 Å². The average molecular weight is 324 g/mol. The van der Waals surface area contributed by atoms with Crippen LogP contribution in [0, 0.1) is 19.7 Å². The van der Waals surface area contributed by atoms with E-state index in [9.17, 15) is 4.39 Å². The Labute approximate surface area is 140 Å². The largest absolute Gasteiger partial charge is 0.369 e. The minimum atomic E-state index is -0.256. The van der Waals surface area contributed by atoms with Gasteiger partial charge >= 0.3 is 0 Å². The van der Waals surface area contributed by atoms with E-state index >= 15 is 0 Å². The van der Waals surface area contributed by atoms with Crippen LogP contribution in [0.25, 0.3) is 10.9 Å². The molecule has 1 saturated heterocycles. The lowest BCUT2D eigenvalue weighted by Crippen LogP contribution is -2.37. The summed E-state index contributed by atoms with van der Waals surface area (Å²) in [6, 6.07) is 7.62. The van der Waals surface area contributed by atoms with Gasteiger partial charge in [0.2, 0.25) is 0 Å². The number of aromatic nitrogens is 3. The molecule has 0 bridgehead atoms. The molecule has 4 nitrogen and oxygen atoms in total. The fraction of sp³-hybridized carbons (Fsp3) is 0.368. The number of pyridine rings is 1. The highest BCUT2D eigenvalue weighted by molar-refractivity contribution is 5.92. The molecule has 0 aliphatic carbocycles. The first-order chi connectivity index (χ1) is 11.6. The van der Waals surface area contributed by atoms with Gasteiger partial charge in [-0.05, 0) is 44.4 Å². The van der Waals surface area contributed by atoms with Crippen molar-refractivity contribution in [2.75, 3.05) is 18.0 Å². The van der Waals surface area contributed by atoms with Gasteiger partial charge in [-0.15, -0.1) is 0 Å². The molecule has 1 atom stereocenters. The summed E-state index contributed by atoms with van der Waals surface area (Å²) in [4.78, 5) is 6.74. The zero-order chi connectivity index (χ0) is 16.7. The van der Waals surface area contributed by atoms with Crippen LogP contribution in [0.15, 0.2) is 36.7 Å². The van der Waals surface area contributed by atoms with Crippen molar-refractivity contribution in [2.24, 2.45) is 0 Å². The Morgan fingerprint density at radius 1 is 1.25 bits per heavy atom. The SMILES string of the molecule is Cc1cnn(C2CCCN(c3cc(C)nc4c(F)cccc34)C2)c1. The van der Waals surface area contributed by atoms with Crippen LogP contribution in [0.5, 0.6) is 0 Å². The number of anilines is 1. The van der Waals surface area contributed by atoms with Crippen LogP contribution >= 0.6 is 0 Å². The summed E-state index contributed by atoms with van der Waals surface area (Å²) in [5.41, 5.74) is 3.56. The first-order valence-corrected chi connectivity index (χ1v) is 8.43. The molecule has 1 unspecified atom stereocenters. The number of halogens is 1. The number of hydrogen-bond donors (Lipinski definition) is 0. The van der Waals surface area contributed by atoms with Gasteiger partial charge in [-0.1, -0.05) is 12.1 Å². The zero-order valence-electron chi connectivity index (χ0n) is 14.0. The van der Waals surface area contributed by atoms with Crippen molar-refractivity contribution < 1.29 is 4.39 Å². The molecule has 5 heteroatoms. The molecule has 0 saturated carbocycles. The summed E-state index contributed by atoms with van der Waals surface area (Å²) in [7, 11) is 0. The number of fused-ring (bicyclic) bond motifs is 1. The lowest BCUT2D eigenvalue weighted by atomic mass is 10.0. The summed E-state index contributed by atoms with van der Waals surface area (Å²) < 4.78 is 16.2. The maximum absolute atomic E-state index is 14.2. The van der Waals surface area contributed by atoms with E-state index in [1.54, 1.807) is 6.07 Å². The van der Waals surface area contributed by atoms with Crippen LogP contribution in [0.2, 0.25) is 0 Å². The van der Waals surface area contributed by atoms with Gasteiger partial charge in [-0.25, -0.2) is 9.37 Å². The number of benzene rings is 1. The minimum Gasteiger partial charge on any atom is -0.369 e. The molecule has 0 radical (unpaired) electrons. The van der Waals surface area contributed by atoms with Gasteiger partial charge in [-0.2, -0.15) is 5.10 Å². The van der Waals surface area contributed by atoms with Crippen LogP contribution in [-0.2, 0) is 0 Å². The van der Waals surface area contributed by atoms with E-state index in [2.05, 4.69) is 38.9 Å². The van der Waals surface area contributed by atoms with Gasteiger partial charge in [0.25, 0.3) is 0 Å². The highest BCUT2D eigenvalue weighted by Crippen LogP contribution is 2.32. The average Bonchev–Trinajstić information content (AvgIpc) is 3.02. The predicted molar refractivity (Wildman–Crippen MR) is 93.9 cm³/mol. The molecule has 0 N–H and O–H groups in total. The van der Waals surface area contributed by atoms with Crippen molar-refractivity contribution in [2.45, 2.75) is 32.7 Å². The van der Waals surface area contributed by atoms with E-state index in [-0.39, 0.29) is 5.82 Å². The van der Waals surface area contributed by atoms with E-state index in [1.807, 2.05) is 19.2 Å². The van der Waals surface area contributed by atoms with Crippen molar-refractivity contribution in [3.8, 4) is 0 Å². The Morgan fingerprint density at radius 3 is 2.92 bits per heavy atom. The molecule has 2 aromatic heterocycles. The van der Waals surface area contributed by atoms with Crippen molar-refractivity contribution in [1.29, 1.82) is 0 Å². The van der Waals surface area contributed by atoms with Crippen molar-refractivity contribution in [3.05, 3.63) is 53.7 Å². The monoisotopic (exact) mass is 324 g/mol. The van der Waals surface area contributed by atoms with Crippen molar-refractivity contribution >= 4 is 16.6 Å². The third-order valence-electron chi connectivity index (χ3n) is 4.74. The van der Waals surface area contributed by atoms with E-state index in [4.69, 9.17) is 0 Å². The van der Waals surface area contributed by atoms with Crippen LogP contribution < -0.4 is 4.90 Å². The Morgan fingerprint density at radius 2 is 2.12 bits per heavy atom. The third-order valence-corrected chi connectivity index (χ3v) is 4.74. The zero-order valence-corrected chi connectivity index (χ0v) is 14.0. The number of nitrogens with zero attached hydrogens (tertiary/aromatic N) is 4. The van der Waals surface area contributed by atoms with Gasteiger partial charge in [0.15, 0.2) is 0 Å². The van der Waals surface area contributed by atoms with Gasteiger partial charge in [0, 0.05) is 36.1 Å². The molecule has 1 aromatic carbocycles. The van der Waals surface area contributed by atoms with E-state index < -0.39 is 0 Å². The molecule has 24 heavy (non-hydrogen) atoms. The Balaban J connectivity index is 1.73. The predicted octanol–water partition coefficient (Wildman–Crippen LogP) is 4.03. The fourth-order valence-electron chi connectivity index (χ4n) is 3.60. The van der Waals surface area contributed by atoms with Gasteiger partial charge in [0.05, 0.1) is 12.2 Å². The number of rotatable bonds is 2. The molecule has 124 valence electrons. The van der Waals surface area contributed by atoms with E-state index in [0.717, 1.165) is 42.7 Å². The van der Waals surface area contributed by atoms with E-state index in [1.165, 1.54) is 11.6 Å². The van der Waals surface area contributed by atoms with Crippen LogP contribution in [0.4, 0.5) is 10.1 Å². The molecule has 1 fully saturated rings. The lowest BCUT2D eigenvalue weighted by Gasteiger charge is -2.35.